The lowest BCUT2D eigenvalue weighted by Crippen LogP contribution is -2.67. The van der Waals surface area contributed by atoms with Crippen molar-refractivity contribution >= 4 is 45.7 Å². The van der Waals surface area contributed by atoms with Crippen molar-refractivity contribution in [3.05, 3.63) is 16.0 Å². The number of carbonyl (C=O) groups excluding carboxylic acids is 3. The fourth-order valence-corrected chi connectivity index (χ4v) is 7.11. The first-order valence-corrected chi connectivity index (χ1v) is 11.9. The molecule has 1 aromatic heterocycles. The average Bonchev–Trinajstić information content (AvgIpc) is 2.94. The molecule has 4 saturated carbocycles. The molecule has 4 aliphatic carbocycles. The Labute approximate surface area is 198 Å². The predicted octanol–water partition coefficient (Wildman–Crippen LogP) is 5.54. The number of carbonyl (C=O) groups is 3. The van der Waals surface area contributed by atoms with E-state index in [1.165, 1.54) is 6.07 Å². The van der Waals surface area contributed by atoms with Crippen LogP contribution in [0.25, 0.3) is 0 Å². The summed E-state index contributed by atoms with van der Waals surface area (Å²) in [4.78, 5) is 37.8. The van der Waals surface area contributed by atoms with E-state index in [4.69, 9.17) is 16.3 Å². The number of rotatable bonds is 5. The first-order valence-electron chi connectivity index (χ1n) is 10.7. The van der Waals surface area contributed by atoms with Crippen LogP contribution in [0.4, 0.5) is 23.0 Å². The largest absolute Gasteiger partial charge is 0.444 e. The van der Waals surface area contributed by atoms with Gasteiger partial charge in [0.05, 0.1) is 21.9 Å². The lowest BCUT2D eigenvalue weighted by molar-refractivity contribution is -0.214. The van der Waals surface area contributed by atoms with Crippen LogP contribution in [0.15, 0.2) is 6.07 Å². The van der Waals surface area contributed by atoms with Crippen molar-refractivity contribution in [1.82, 2.24) is 5.32 Å². The molecule has 33 heavy (non-hydrogen) atoms. The van der Waals surface area contributed by atoms with Gasteiger partial charge in [0.15, 0.2) is 5.78 Å². The molecule has 4 fully saturated rings. The van der Waals surface area contributed by atoms with Gasteiger partial charge in [-0.1, -0.05) is 11.6 Å². The summed E-state index contributed by atoms with van der Waals surface area (Å²) in [6, 6.07) is 1.34. The Hall–Kier alpha value is -1.81. The zero-order valence-corrected chi connectivity index (χ0v) is 20.2. The molecule has 1 heterocycles. The van der Waals surface area contributed by atoms with Crippen LogP contribution in [0.5, 0.6) is 0 Å². The van der Waals surface area contributed by atoms with E-state index >= 15 is 13.2 Å². The predicted molar refractivity (Wildman–Crippen MR) is 118 cm³/mol. The van der Waals surface area contributed by atoms with E-state index in [-0.39, 0.29) is 34.2 Å². The number of ether oxygens (including phenoxy) is 1. The second kappa shape index (κ2) is 7.60. The molecule has 182 valence electrons. The number of amides is 2. The zero-order valence-electron chi connectivity index (χ0n) is 18.6. The summed E-state index contributed by atoms with van der Waals surface area (Å²) in [5.74, 6) is -1.27. The number of anilines is 1. The van der Waals surface area contributed by atoms with Crippen LogP contribution >= 0.6 is 22.9 Å². The highest BCUT2D eigenvalue weighted by Gasteiger charge is 2.72. The van der Waals surface area contributed by atoms with Crippen LogP contribution in [0.3, 0.4) is 0 Å². The van der Waals surface area contributed by atoms with E-state index < -0.39 is 71.6 Å². The van der Waals surface area contributed by atoms with E-state index in [0.29, 0.717) is 0 Å². The van der Waals surface area contributed by atoms with Gasteiger partial charge in [-0.05, 0) is 46.1 Å². The van der Waals surface area contributed by atoms with Crippen LogP contribution in [0, 0.1) is 5.41 Å². The molecule has 0 saturated heterocycles. The maximum atomic E-state index is 15.2. The number of Topliss-reactive ketones (excluding diaryl/α,β-unsaturated/α-hetero) is 1. The van der Waals surface area contributed by atoms with Crippen molar-refractivity contribution in [2.24, 2.45) is 5.41 Å². The number of halogens is 4. The highest BCUT2D eigenvalue weighted by molar-refractivity contribution is 7.20. The molecule has 0 unspecified atom stereocenters. The second-order valence-corrected chi connectivity index (χ2v) is 12.5. The molecular weight excluding hydrogens is 481 g/mol. The molecule has 0 aliphatic heterocycles. The maximum Gasteiger partial charge on any atom is 0.408 e. The molecule has 4 aliphatic rings. The SMILES string of the molecule is CC(C)(C)OC(=O)NCC(=O)c1cc(Cl)sc1NC(=O)C12CC3(F)CC(F)(CC(F)(C3)C1)C2. The van der Waals surface area contributed by atoms with Crippen LogP contribution < -0.4 is 10.6 Å². The summed E-state index contributed by atoms with van der Waals surface area (Å²) in [6.45, 7) is 4.62. The maximum absolute atomic E-state index is 15.2. The molecule has 0 atom stereocenters. The van der Waals surface area contributed by atoms with Crippen LogP contribution in [-0.4, -0.2) is 46.9 Å². The third kappa shape index (κ3) is 4.87. The minimum absolute atomic E-state index is 0.0408. The minimum atomic E-state index is -2.07. The van der Waals surface area contributed by atoms with Gasteiger partial charge in [0.2, 0.25) is 5.91 Å². The number of alkyl halides is 3. The Bertz CT molecular complexity index is 970. The van der Waals surface area contributed by atoms with Gasteiger partial charge in [-0.3, -0.25) is 9.59 Å². The van der Waals surface area contributed by atoms with Crippen LogP contribution in [-0.2, 0) is 9.53 Å². The molecule has 11 heteroatoms. The average molecular weight is 507 g/mol. The summed E-state index contributed by atoms with van der Waals surface area (Å²) in [7, 11) is 0. The molecule has 1 aromatic rings. The van der Waals surface area contributed by atoms with Crippen molar-refractivity contribution in [2.75, 3.05) is 11.9 Å². The minimum Gasteiger partial charge on any atom is -0.444 e. The van der Waals surface area contributed by atoms with Gasteiger partial charge in [-0.25, -0.2) is 18.0 Å². The summed E-state index contributed by atoms with van der Waals surface area (Å²) < 4.78 is 51.0. The molecule has 5 rings (SSSR count). The lowest BCUT2D eigenvalue weighted by atomic mass is 9.46. The summed E-state index contributed by atoms with van der Waals surface area (Å²) in [5.41, 5.74) is -8.46. The Morgan fingerprint density at radius 2 is 1.55 bits per heavy atom. The number of hydrogen-bond donors (Lipinski definition) is 2. The summed E-state index contributed by atoms with van der Waals surface area (Å²) in [6.07, 6.45) is -2.75. The zero-order chi connectivity index (χ0) is 24.4. The van der Waals surface area contributed by atoms with E-state index in [0.717, 1.165) is 11.3 Å². The fourth-order valence-electron chi connectivity index (χ4n) is 5.97. The molecular formula is C22H26ClF3N2O4S. The van der Waals surface area contributed by atoms with Gasteiger partial charge < -0.3 is 15.4 Å². The Kier molecular flexibility index (Phi) is 5.60. The number of hydrogen-bond acceptors (Lipinski definition) is 5. The molecule has 0 aromatic carbocycles. The molecule has 6 nitrogen and oxygen atoms in total. The van der Waals surface area contributed by atoms with Gasteiger partial charge >= 0.3 is 6.09 Å². The van der Waals surface area contributed by atoms with E-state index in [1.54, 1.807) is 20.8 Å². The van der Waals surface area contributed by atoms with E-state index in [1.807, 2.05) is 0 Å². The van der Waals surface area contributed by atoms with E-state index in [2.05, 4.69) is 10.6 Å². The van der Waals surface area contributed by atoms with Crippen molar-refractivity contribution < 1.29 is 32.3 Å². The highest BCUT2D eigenvalue weighted by atomic mass is 35.5. The third-order valence-corrected chi connectivity index (χ3v) is 7.55. The fraction of sp³-hybridized carbons (Fsp3) is 0.682. The van der Waals surface area contributed by atoms with Gasteiger partial charge in [0, 0.05) is 19.3 Å². The number of nitrogens with one attached hydrogen (secondary N) is 2. The van der Waals surface area contributed by atoms with Crippen LogP contribution in [0.1, 0.15) is 69.7 Å². The Morgan fingerprint density at radius 1 is 1.03 bits per heavy atom. The van der Waals surface area contributed by atoms with Crippen molar-refractivity contribution in [1.29, 1.82) is 0 Å². The first-order chi connectivity index (χ1) is 15.0. The first kappa shape index (κ1) is 24.3. The standard InChI is InChI=1S/C22H26ClF3N2O4S/c1-18(2,3)32-17(31)27-5-13(29)12-4-14(23)33-15(12)28-16(30)19-6-20(24)9-21(25,7-19)11-22(26,8-19)10-20/h4H,5-11H2,1-3H3,(H,27,31)(H,28,30). The van der Waals surface area contributed by atoms with Gasteiger partial charge in [0.1, 0.15) is 27.6 Å². The monoisotopic (exact) mass is 506 g/mol. The van der Waals surface area contributed by atoms with Gasteiger partial charge in [-0.2, -0.15) is 0 Å². The van der Waals surface area contributed by atoms with Crippen molar-refractivity contribution in [3.8, 4) is 0 Å². The molecule has 2 N–H and O–H groups in total. The molecule has 4 bridgehead atoms. The van der Waals surface area contributed by atoms with Gasteiger partial charge in [-0.15, -0.1) is 11.3 Å². The number of thiophene rings is 1. The molecule has 0 spiro atoms. The summed E-state index contributed by atoms with van der Waals surface area (Å²) in [5, 5.41) is 5.01. The third-order valence-electron chi connectivity index (χ3n) is 6.37. The summed E-state index contributed by atoms with van der Waals surface area (Å²) >= 11 is 6.96. The quantitative estimate of drug-likeness (QED) is 0.513. The van der Waals surface area contributed by atoms with Crippen LogP contribution in [0.2, 0.25) is 4.34 Å². The highest BCUT2D eigenvalue weighted by Crippen LogP contribution is 2.68. The second-order valence-electron chi connectivity index (χ2n) is 10.8. The topological polar surface area (TPSA) is 84.5 Å². The Morgan fingerprint density at radius 3 is 2.03 bits per heavy atom. The van der Waals surface area contributed by atoms with Crippen molar-refractivity contribution in [3.63, 3.8) is 0 Å². The normalized spacial score (nSPS) is 34.8. The number of ketones is 1. The van der Waals surface area contributed by atoms with E-state index in [9.17, 15) is 14.4 Å². The Balaban J connectivity index is 1.50. The smallest absolute Gasteiger partial charge is 0.408 e. The molecule has 0 radical (unpaired) electrons. The number of alkyl carbamates (subject to hydrolysis) is 1. The van der Waals surface area contributed by atoms with Gasteiger partial charge in [0.25, 0.3) is 0 Å². The van der Waals surface area contributed by atoms with Crippen molar-refractivity contribution in [2.45, 2.75) is 81.9 Å². The lowest BCUT2D eigenvalue weighted by Gasteiger charge is -2.62. The molecule has 2 amide bonds.